The molecule has 6 heteroatoms. The van der Waals surface area contributed by atoms with Crippen molar-refractivity contribution in [2.45, 2.75) is 13.3 Å². The van der Waals surface area contributed by atoms with Crippen LogP contribution in [0.1, 0.15) is 6.92 Å². The Bertz CT molecular complexity index is 192. The fourth-order valence-corrected chi connectivity index (χ4v) is 1.47. The molecule has 2 atom stereocenters. The van der Waals surface area contributed by atoms with E-state index in [-0.39, 0.29) is 25.6 Å². The summed E-state index contributed by atoms with van der Waals surface area (Å²) in [7, 11) is 0. The number of halogens is 3. The Balaban J connectivity index is 0.00000169. The Labute approximate surface area is 87.6 Å². The molecule has 0 amide bonds. The van der Waals surface area contributed by atoms with E-state index in [2.05, 4.69) is 5.32 Å². The van der Waals surface area contributed by atoms with Crippen molar-refractivity contribution in [3.8, 4) is 0 Å². The molecule has 0 radical (unpaired) electrons. The van der Waals surface area contributed by atoms with Gasteiger partial charge in [0.05, 0.1) is 12.5 Å². The second-order valence-electron chi connectivity index (χ2n) is 3.02. The average molecular weight is 230 g/mol. The van der Waals surface area contributed by atoms with E-state index in [1.54, 1.807) is 6.92 Å². The Morgan fingerprint density at radius 3 is 2.71 bits per heavy atom. The maximum atomic E-state index is 12.3. The van der Waals surface area contributed by atoms with Gasteiger partial charge in [-0.2, -0.15) is 0 Å². The van der Waals surface area contributed by atoms with Crippen LogP contribution in [0.3, 0.4) is 0 Å². The Morgan fingerprint density at radius 2 is 2.21 bits per heavy atom. The lowest BCUT2D eigenvalue weighted by molar-refractivity contribution is -0.150. The second-order valence-corrected chi connectivity index (χ2v) is 3.02. The van der Waals surface area contributed by atoms with Crippen LogP contribution >= 0.6 is 12.4 Å². The molecule has 1 heterocycles. The minimum absolute atomic E-state index is 0. The maximum absolute atomic E-state index is 12.3. The quantitative estimate of drug-likeness (QED) is 0.736. The lowest BCUT2D eigenvalue weighted by Gasteiger charge is -2.15. The molecule has 1 saturated heterocycles. The second kappa shape index (κ2) is 6.14. The van der Waals surface area contributed by atoms with E-state index >= 15 is 0 Å². The Kier molecular flexibility index (Phi) is 5.95. The van der Waals surface area contributed by atoms with Crippen molar-refractivity contribution in [3.05, 3.63) is 0 Å². The molecule has 0 aromatic carbocycles. The highest BCUT2D eigenvalue weighted by Gasteiger charge is 2.39. The van der Waals surface area contributed by atoms with Crippen LogP contribution in [0, 0.1) is 11.8 Å². The number of alkyl halides is 2. The highest BCUT2D eigenvalue weighted by Crippen LogP contribution is 2.24. The van der Waals surface area contributed by atoms with Gasteiger partial charge in [0, 0.05) is 19.0 Å². The third-order valence-corrected chi connectivity index (χ3v) is 2.17. The average Bonchev–Trinajstić information content (AvgIpc) is 2.52. The molecule has 1 N–H and O–H groups in total. The molecule has 14 heavy (non-hydrogen) atoms. The first kappa shape index (κ1) is 13.6. The van der Waals surface area contributed by atoms with Crippen molar-refractivity contribution < 1.29 is 18.3 Å². The predicted octanol–water partition coefficient (Wildman–Crippen LogP) is 1.07. The first-order valence-electron chi connectivity index (χ1n) is 4.32. The summed E-state index contributed by atoms with van der Waals surface area (Å²) in [6.07, 6.45) is -2.45. The molecule has 0 aliphatic carbocycles. The SMILES string of the molecule is CCOC(=O)[C@H]1CNC[C@@H]1C(F)F.Cl. The zero-order valence-electron chi connectivity index (χ0n) is 7.83. The topological polar surface area (TPSA) is 38.3 Å². The smallest absolute Gasteiger partial charge is 0.310 e. The third kappa shape index (κ3) is 3.06. The van der Waals surface area contributed by atoms with Gasteiger partial charge in [0.25, 0.3) is 0 Å². The first-order valence-corrected chi connectivity index (χ1v) is 4.32. The summed E-state index contributed by atoms with van der Waals surface area (Å²) in [6.45, 7) is 2.40. The summed E-state index contributed by atoms with van der Waals surface area (Å²) in [5.41, 5.74) is 0. The van der Waals surface area contributed by atoms with E-state index in [1.165, 1.54) is 0 Å². The van der Waals surface area contributed by atoms with Crippen molar-refractivity contribution >= 4 is 18.4 Å². The van der Waals surface area contributed by atoms with Crippen molar-refractivity contribution in [2.24, 2.45) is 11.8 Å². The monoisotopic (exact) mass is 229 g/mol. The highest BCUT2D eigenvalue weighted by molar-refractivity contribution is 5.85. The molecule has 3 nitrogen and oxygen atoms in total. The van der Waals surface area contributed by atoms with E-state index in [9.17, 15) is 13.6 Å². The van der Waals surface area contributed by atoms with Crippen LogP contribution in [0.2, 0.25) is 0 Å². The van der Waals surface area contributed by atoms with Crippen molar-refractivity contribution in [1.82, 2.24) is 5.32 Å². The molecule has 0 bridgehead atoms. The molecular weight excluding hydrogens is 216 g/mol. The molecule has 1 fully saturated rings. The maximum Gasteiger partial charge on any atom is 0.310 e. The van der Waals surface area contributed by atoms with Crippen LogP contribution in [0.15, 0.2) is 0 Å². The van der Waals surface area contributed by atoms with Crippen LogP contribution in [-0.4, -0.2) is 32.1 Å². The van der Waals surface area contributed by atoms with Gasteiger partial charge in [-0.1, -0.05) is 0 Å². The Morgan fingerprint density at radius 1 is 1.57 bits per heavy atom. The molecule has 84 valence electrons. The molecule has 1 aliphatic rings. The Hall–Kier alpha value is -0.420. The summed E-state index contributed by atoms with van der Waals surface area (Å²) in [4.78, 5) is 11.2. The van der Waals surface area contributed by atoms with Crippen LogP contribution in [0.25, 0.3) is 0 Å². The first-order chi connectivity index (χ1) is 6.16. The van der Waals surface area contributed by atoms with Gasteiger partial charge in [-0.05, 0) is 6.92 Å². The number of hydrogen-bond donors (Lipinski definition) is 1. The van der Waals surface area contributed by atoms with Crippen LogP contribution in [-0.2, 0) is 9.53 Å². The van der Waals surface area contributed by atoms with E-state index in [0.29, 0.717) is 6.54 Å². The predicted molar refractivity (Wildman–Crippen MR) is 49.7 cm³/mol. The van der Waals surface area contributed by atoms with Gasteiger partial charge < -0.3 is 10.1 Å². The molecule has 0 spiro atoms. The number of esters is 1. The van der Waals surface area contributed by atoms with Gasteiger partial charge in [0.1, 0.15) is 0 Å². The van der Waals surface area contributed by atoms with Gasteiger partial charge in [0.2, 0.25) is 6.43 Å². The van der Waals surface area contributed by atoms with Gasteiger partial charge in [-0.25, -0.2) is 8.78 Å². The summed E-state index contributed by atoms with van der Waals surface area (Å²) in [5.74, 6) is -2.09. The third-order valence-electron chi connectivity index (χ3n) is 2.17. The molecule has 1 aliphatic heterocycles. The normalized spacial score (nSPS) is 26.0. The van der Waals surface area contributed by atoms with Crippen molar-refractivity contribution in [2.75, 3.05) is 19.7 Å². The van der Waals surface area contributed by atoms with Gasteiger partial charge in [0.15, 0.2) is 0 Å². The fourth-order valence-electron chi connectivity index (χ4n) is 1.47. The van der Waals surface area contributed by atoms with Crippen LogP contribution in [0.5, 0.6) is 0 Å². The minimum atomic E-state index is -2.45. The number of nitrogens with one attached hydrogen (secondary N) is 1. The number of ether oxygens (including phenoxy) is 1. The summed E-state index contributed by atoms with van der Waals surface area (Å²) < 4.78 is 29.4. The molecule has 1 rings (SSSR count). The van der Waals surface area contributed by atoms with Crippen molar-refractivity contribution in [3.63, 3.8) is 0 Å². The van der Waals surface area contributed by atoms with Gasteiger partial charge >= 0.3 is 5.97 Å². The molecular formula is C8H14ClF2NO2. The van der Waals surface area contributed by atoms with Crippen LogP contribution in [0.4, 0.5) is 8.78 Å². The fraction of sp³-hybridized carbons (Fsp3) is 0.875. The van der Waals surface area contributed by atoms with E-state index in [4.69, 9.17) is 4.74 Å². The standard InChI is InChI=1S/C8H13F2NO2.ClH/c1-2-13-8(12)6-4-11-3-5(6)7(9)10;/h5-7,11H,2-4H2,1H3;1H/t5-,6-;/m0./s1. The van der Waals surface area contributed by atoms with Gasteiger partial charge in [-0.15, -0.1) is 12.4 Å². The van der Waals surface area contributed by atoms with E-state index in [0.717, 1.165) is 0 Å². The number of carbonyl (C=O) groups is 1. The molecule has 0 saturated carbocycles. The molecule has 0 aromatic rings. The largest absolute Gasteiger partial charge is 0.466 e. The van der Waals surface area contributed by atoms with Crippen molar-refractivity contribution in [1.29, 1.82) is 0 Å². The number of rotatable bonds is 3. The number of hydrogen-bond acceptors (Lipinski definition) is 3. The number of carbonyl (C=O) groups excluding carboxylic acids is 1. The zero-order chi connectivity index (χ0) is 9.84. The van der Waals surface area contributed by atoms with Crippen LogP contribution < -0.4 is 5.32 Å². The van der Waals surface area contributed by atoms with E-state index < -0.39 is 24.2 Å². The molecule has 0 unspecified atom stereocenters. The minimum Gasteiger partial charge on any atom is -0.466 e. The highest BCUT2D eigenvalue weighted by atomic mass is 35.5. The van der Waals surface area contributed by atoms with E-state index in [1.807, 2.05) is 0 Å². The summed E-state index contributed by atoms with van der Waals surface area (Å²) in [6, 6.07) is 0. The lowest BCUT2D eigenvalue weighted by atomic mass is 9.97. The van der Waals surface area contributed by atoms with Gasteiger partial charge in [-0.3, -0.25) is 4.79 Å². The summed E-state index contributed by atoms with van der Waals surface area (Å²) >= 11 is 0. The lowest BCUT2D eigenvalue weighted by Crippen LogP contribution is -2.29. The molecule has 0 aromatic heterocycles. The zero-order valence-corrected chi connectivity index (χ0v) is 8.65. The summed E-state index contributed by atoms with van der Waals surface area (Å²) in [5, 5.41) is 2.76.